The molecule has 29 heavy (non-hydrogen) atoms. The minimum Gasteiger partial charge on any atom is -0.354 e. The van der Waals surface area contributed by atoms with E-state index in [-0.39, 0.29) is 5.91 Å². The third-order valence-electron chi connectivity index (χ3n) is 5.27. The van der Waals surface area contributed by atoms with Crippen LogP contribution in [0.5, 0.6) is 0 Å². The van der Waals surface area contributed by atoms with Crippen LogP contribution in [0, 0.1) is 0 Å². The smallest absolute Gasteiger partial charge is 0.276 e. The molecule has 2 aromatic carbocycles. The molecule has 2 heterocycles. The van der Waals surface area contributed by atoms with Gasteiger partial charge in [-0.05, 0) is 17.7 Å². The van der Waals surface area contributed by atoms with E-state index in [1.165, 1.54) is 11.9 Å². The topological polar surface area (TPSA) is 52.6 Å². The number of piperazine rings is 1. The Balaban J connectivity index is 1.40. The lowest BCUT2D eigenvalue weighted by atomic mass is 10.2. The van der Waals surface area contributed by atoms with Gasteiger partial charge in [-0.3, -0.25) is 9.69 Å². The molecule has 1 aliphatic heterocycles. The molecule has 0 N–H and O–H groups in total. The van der Waals surface area contributed by atoms with Crippen LogP contribution in [0.2, 0.25) is 0 Å². The molecule has 6 nitrogen and oxygen atoms in total. The minimum absolute atomic E-state index is 0.137. The maximum atomic E-state index is 12.8. The van der Waals surface area contributed by atoms with Crippen molar-refractivity contribution in [3.8, 4) is 0 Å². The van der Waals surface area contributed by atoms with Gasteiger partial charge in [0, 0.05) is 51.5 Å². The van der Waals surface area contributed by atoms with Crippen LogP contribution < -0.4 is 9.80 Å². The highest BCUT2D eigenvalue weighted by atomic mass is 16.2. The first-order chi connectivity index (χ1) is 14.2. The Morgan fingerprint density at radius 3 is 2.28 bits per heavy atom. The third-order valence-corrected chi connectivity index (χ3v) is 5.27. The van der Waals surface area contributed by atoms with Gasteiger partial charge >= 0.3 is 0 Å². The van der Waals surface area contributed by atoms with Crippen LogP contribution in [0.25, 0.3) is 0 Å². The molecule has 0 unspecified atom stereocenters. The Bertz CT molecular complexity index is 940. The molecule has 1 fully saturated rings. The molecule has 6 heteroatoms. The normalized spacial score (nSPS) is 14.6. The zero-order chi connectivity index (χ0) is 20.1. The summed E-state index contributed by atoms with van der Waals surface area (Å²) in [4.78, 5) is 27.8. The average Bonchev–Trinajstić information content (AvgIpc) is 2.80. The SMILES string of the molecule is CN(C(=O)c1cc(N2CCN(Cc3ccccc3)CC2)ncn1)c1ccccc1. The van der Waals surface area contributed by atoms with Gasteiger partial charge in [0.1, 0.15) is 17.8 Å². The molecule has 0 bridgehead atoms. The molecule has 0 atom stereocenters. The van der Waals surface area contributed by atoms with Gasteiger partial charge < -0.3 is 9.80 Å². The molecule has 4 rings (SSSR count). The van der Waals surface area contributed by atoms with Crippen molar-refractivity contribution in [2.24, 2.45) is 0 Å². The van der Waals surface area contributed by atoms with E-state index in [0.29, 0.717) is 5.69 Å². The number of carbonyl (C=O) groups excluding carboxylic acids is 1. The molecule has 1 saturated heterocycles. The van der Waals surface area contributed by atoms with Gasteiger partial charge in [0.05, 0.1) is 0 Å². The second-order valence-corrected chi connectivity index (χ2v) is 7.21. The van der Waals surface area contributed by atoms with Crippen LogP contribution in [0.15, 0.2) is 73.1 Å². The number of nitrogens with zero attached hydrogens (tertiary/aromatic N) is 5. The molecular weight excluding hydrogens is 362 g/mol. The zero-order valence-corrected chi connectivity index (χ0v) is 16.6. The van der Waals surface area contributed by atoms with E-state index in [1.807, 2.05) is 36.4 Å². The van der Waals surface area contributed by atoms with Crippen molar-refractivity contribution in [3.05, 3.63) is 84.3 Å². The molecule has 0 radical (unpaired) electrons. The lowest BCUT2D eigenvalue weighted by molar-refractivity contribution is 0.0988. The molecule has 1 aromatic heterocycles. The Morgan fingerprint density at radius 1 is 0.931 bits per heavy atom. The summed E-state index contributed by atoms with van der Waals surface area (Å²) in [7, 11) is 1.77. The molecule has 0 saturated carbocycles. The van der Waals surface area contributed by atoms with Gasteiger partial charge in [-0.1, -0.05) is 48.5 Å². The number of amides is 1. The Hall–Kier alpha value is -3.25. The van der Waals surface area contributed by atoms with Crippen LogP contribution in [0.1, 0.15) is 16.1 Å². The maximum absolute atomic E-state index is 12.8. The standard InChI is InChI=1S/C23H25N5O/c1-26(20-10-6-3-7-11-20)23(29)21-16-22(25-18-24-21)28-14-12-27(13-15-28)17-19-8-4-2-5-9-19/h2-11,16,18H,12-15,17H2,1H3. The molecule has 0 spiro atoms. The van der Waals surface area contributed by atoms with E-state index in [1.54, 1.807) is 18.0 Å². The van der Waals surface area contributed by atoms with Crippen LogP contribution in [-0.4, -0.2) is 54.0 Å². The van der Waals surface area contributed by atoms with Gasteiger partial charge in [-0.15, -0.1) is 0 Å². The van der Waals surface area contributed by atoms with Crippen molar-refractivity contribution >= 4 is 17.4 Å². The van der Waals surface area contributed by atoms with E-state index in [4.69, 9.17) is 0 Å². The van der Waals surface area contributed by atoms with Gasteiger partial charge in [-0.25, -0.2) is 9.97 Å². The number of hydrogen-bond acceptors (Lipinski definition) is 5. The number of para-hydroxylation sites is 1. The summed E-state index contributed by atoms with van der Waals surface area (Å²) >= 11 is 0. The monoisotopic (exact) mass is 387 g/mol. The third kappa shape index (κ3) is 4.60. The van der Waals surface area contributed by atoms with Crippen LogP contribution in [-0.2, 0) is 6.54 Å². The van der Waals surface area contributed by atoms with Crippen molar-refractivity contribution < 1.29 is 4.79 Å². The summed E-state index contributed by atoms with van der Waals surface area (Å²) in [5.74, 6) is 0.673. The molecular formula is C23H25N5O. The second-order valence-electron chi connectivity index (χ2n) is 7.21. The summed E-state index contributed by atoms with van der Waals surface area (Å²) in [5.41, 5.74) is 2.58. The number of rotatable bonds is 5. The lowest BCUT2D eigenvalue weighted by Crippen LogP contribution is -2.46. The predicted molar refractivity (Wildman–Crippen MR) is 115 cm³/mol. The largest absolute Gasteiger partial charge is 0.354 e. The van der Waals surface area contributed by atoms with Crippen molar-refractivity contribution in [2.75, 3.05) is 43.0 Å². The fourth-order valence-electron chi connectivity index (χ4n) is 3.55. The van der Waals surface area contributed by atoms with Crippen LogP contribution in [0.4, 0.5) is 11.5 Å². The minimum atomic E-state index is -0.137. The summed E-state index contributed by atoms with van der Waals surface area (Å²) < 4.78 is 0. The first kappa shape index (κ1) is 19.1. The molecule has 0 aliphatic carbocycles. The zero-order valence-electron chi connectivity index (χ0n) is 16.6. The van der Waals surface area contributed by atoms with E-state index >= 15 is 0 Å². The molecule has 1 aliphatic rings. The summed E-state index contributed by atoms with van der Waals surface area (Å²) in [6.45, 7) is 4.65. The van der Waals surface area contributed by atoms with Crippen LogP contribution >= 0.6 is 0 Å². The van der Waals surface area contributed by atoms with E-state index in [0.717, 1.165) is 44.2 Å². The maximum Gasteiger partial charge on any atom is 0.276 e. The highest BCUT2D eigenvalue weighted by Gasteiger charge is 2.21. The van der Waals surface area contributed by atoms with Gasteiger partial charge in [0.25, 0.3) is 5.91 Å². The number of benzene rings is 2. The predicted octanol–water partition coefficient (Wildman–Crippen LogP) is 3.08. The van der Waals surface area contributed by atoms with Crippen molar-refractivity contribution in [2.45, 2.75) is 6.54 Å². The van der Waals surface area contributed by atoms with E-state index < -0.39 is 0 Å². The highest BCUT2D eigenvalue weighted by molar-refractivity contribution is 6.04. The first-order valence-electron chi connectivity index (χ1n) is 9.87. The van der Waals surface area contributed by atoms with E-state index in [9.17, 15) is 4.79 Å². The Morgan fingerprint density at radius 2 is 1.59 bits per heavy atom. The van der Waals surface area contributed by atoms with E-state index in [2.05, 4.69) is 44.0 Å². The summed E-state index contributed by atoms with van der Waals surface area (Å²) in [6, 6.07) is 21.9. The van der Waals surface area contributed by atoms with Crippen molar-refractivity contribution in [3.63, 3.8) is 0 Å². The van der Waals surface area contributed by atoms with Gasteiger partial charge in [-0.2, -0.15) is 0 Å². The highest BCUT2D eigenvalue weighted by Crippen LogP contribution is 2.18. The van der Waals surface area contributed by atoms with Crippen LogP contribution in [0.3, 0.4) is 0 Å². The molecule has 148 valence electrons. The Labute approximate surface area is 171 Å². The number of aromatic nitrogens is 2. The fourth-order valence-corrected chi connectivity index (χ4v) is 3.55. The van der Waals surface area contributed by atoms with Crippen molar-refractivity contribution in [1.29, 1.82) is 0 Å². The first-order valence-corrected chi connectivity index (χ1v) is 9.87. The van der Waals surface area contributed by atoms with Gasteiger partial charge in [0.15, 0.2) is 0 Å². The summed E-state index contributed by atoms with van der Waals surface area (Å²) in [5, 5.41) is 0. The molecule has 3 aromatic rings. The Kier molecular flexibility index (Phi) is 5.81. The number of anilines is 2. The number of carbonyl (C=O) groups is 1. The van der Waals surface area contributed by atoms with Crippen molar-refractivity contribution in [1.82, 2.24) is 14.9 Å². The fraction of sp³-hybridized carbons (Fsp3) is 0.261. The van der Waals surface area contributed by atoms with Gasteiger partial charge in [0.2, 0.25) is 0 Å². The quantitative estimate of drug-likeness (QED) is 0.673. The average molecular weight is 387 g/mol. The number of hydrogen-bond donors (Lipinski definition) is 0. The summed E-state index contributed by atoms with van der Waals surface area (Å²) in [6.07, 6.45) is 1.48. The lowest BCUT2D eigenvalue weighted by Gasteiger charge is -2.35. The second kappa shape index (κ2) is 8.84. The molecule has 1 amide bonds.